The number of nitrogens with one attached hydrogen (secondary N) is 2. The van der Waals surface area contributed by atoms with Crippen molar-refractivity contribution in [1.82, 2.24) is 5.32 Å². The number of ether oxygens (including phenoxy) is 4. The van der Waals surface area contributed by atoms with Gasteiger partial charge in [0.15, 0.2) is 11.5 Å². The maximum absolute atomic E-state index is 12.0. The largest absolute Gasteiger partial charge is 0.493 e. The van der Waals surface area contributed by atoms with E-state index in [1.54, 1.807) is 7.11 Å². The molecule has 0 atom stereocenters. The van der Waals surface area contributed by atoms with Gasteiger partial charge in [-0.3, -0.25) is 4.79 Å². The SMILES string of the molecule is COCCNCC(=O)Nc1cc(C(=O)OC)cc(OC)c1OC. The zero-order chi connectivity index (χ0) is 17.2. The number of carbonyl (C=O) groups is 2. The van der Waals surface area contributed by atoms with Crippen LogP contribution in [-0.4, -0.2) is 60.0 Å². The van der Waals surface area contributed by atoms with Crippen LogP contribution in [0, 0.1) is 0 Å². The summed E-state index contributed by atoms with van der Waals surface area (Å²) in [5.74, 6) is -0.188. The van der Waals surface area contributed by atoms with E-state index in [0.29, 0.717) is 30.3 Å². The lowest BCUT2D eigenvalue weighted by atomic mass is 10.1. The van der Waals surface area contributed by atoms with Gasteiger partial charge >= 0.3 is 5.97 Å². The number of hydrogen-bond donors (Lipinski definition) is 2. The third-order valence-corrected chi connectivity index (χ3v) is 2.94. The van der Waals surface area contributed by atoms with Gasteiger partial charge in [-0.25, -0.2) is 4.79 Å². The average Bonchev–Trinajstić information content (AvgIpc) is 2.57. The molecule has 0 aromatic heterocycles. The van der Waals surface area contributed by atoms with Crippen LogP contribution in [-0.2, 0) is 14.3 Å². The maximum Gasteiger partial charge on any atom is 0.338 e. The van der Waals surface area contributed by atoms with Crippen molar-refractivity contribution < 1.29 is 28.5 Å². The van der Waals surface area contributed by atoms with Gasteiger partial charge in [0.2, 0.25) is 5.91 Å². The van der Waals surface area contributed by atoms with Gasteiger partial charge in [0.25, 0.3) is 0 Å². The summed E-state index contributed by atoms with van der Waals surface area (Å²) >= 11 is 0. The van der Waals surface area contributed by atoms with Crippen LogP contribution >= 0.6 is 0 Å². The second-order valence-corrected chi connectivity index (χ2v) is 4.47. The molecule has 2 N–H and O–H groups in total. The van der Waals surface area contributed by atoms with E-state index >= 15 is 0 Å². The Labute approximate surface area is 135 Å². The molecule has 0 aliphatic carbocycles. The molecule has 0 aliphatic heterocycles. The van der Waals surface area contributed by atoms with Gasteiger partial charge in [-0.15, -0.1) is 0 Å². The highest BCUT2D eigenvalue weighted by atomic mass is 16.5. The molecule has 0 fully saturated rings. The molecule has 0 saturated heterocycles. The molecular formula is C15H22N2O6. The van der Waals surface area contributed by atoms with Gasteiger partial charge in [0.05, 0.1) is 45.7 Å². The van der Waals surface area contributed by atoms with Crippen molar-refractivity contribution >= 4 is 17.6 Å². The molecule has 8 nitrogen and oxygen atoms in total. The molecule has 8 heteroatoms. The first-order valence-electron chi connectivity index (χ1n) is 6.91. The second kappa shape index (κ2) is 9.65. The zero-order valence-corrected chi connectivity index (χ0v) is 13.7. The maximum atomic E-state index is 12.0. The Bertz CT molecular complexity index is 547. The van der Waals surface area contributed by atoms with Gasteiger partial charge in [-0.1, -0.05) is 0 Å². The molecule has 0 aliphatic rings. The Morgan fingerprint density at radius 3 is 2.39 bits per heavy atom. The van der Waals surface area contributed by atoms with Crippen LogP contribution in [0.3, 0.4) is 0 Å². The number of carbonyl (C=O) groups excluding carboxylic acids is 2. The van der Waals surface area contributed by atoms with E-state index in [0.717, 1.165) is 0 Å². The summed E-state index contributed by atoms with van der Waals surface area (Å²) in [4.78, 5) is 23.7. The third kappa shape index (κ3) is 5.42. The van der Waals surface area contributed by atoms with Crippen molar-refractivity contribution in [2.24, 2.45) is 0 Å². The molecule has 0 unspecified atom stereocenters. The minimum absolute atomic E-state index is 0.0945. The molecule has 128 valence electrons. The van der Waals surface area contributed by atoms with Crippen LogP contribution < -0.4 is 20.1 Å². The Morgan fingerprint density at radius 1 is 1.09 bits per heavy atom. The van der Waals surface area contributed by atoms with Crippen molar-refractivity contribution in [3.63, 3.8) is 0 Å². The topological polar surface area (TPSA) is 95.1 Å². The summed E-state index contributed by atoms with van der Waals surface area (Å²) in [6.07, 6.45) is 0. The van der Waals surface area contributed by atoms with Crippen molar-refractivity contribution in [1.29, 1.82) is 0 Å². The lowest BCUT2D eigenvalue weighted by Crippen LogP contribution is -2.30. The van der Waals surface area contributed by atoms with E-state index in [1.807, 2.05) is 0 Å². The highest BCUT2D eigenvalue weighted by molar-refractivity contribution is 5.98. The summed E-state index contributed by atoms with van der Waals surface area (Å²) in [5, 5.41) is 5.60. The summed E-state index contributed by atoms with van der Waals surface area (Å²) in [6.45, 7) is 1.14. The Hall–Kier alpha value is -2.32. The number of rotatable bonds is 9. The Balaban J connectivity index is 2.94. The fraction of sp³-hybridized carbons (Fsp3) is 0.467. The third-order valence-electron chi connectivity index (χ3n) is 2.94. The van der Waals surface area contributed by atoms with E-state index in [-0.39, 0.29) is 18.0 Å². The number of benzene rings is 1. The smallest absolute Gasteiger partial charge is 0.338 e. The molecular weight excluding hydrogens is 304 g/mol. The molecule has 0 heterocycles. The van der Waals surface area contributed by atoms with Crippen molar-refractivity contribution in [3.8, 4) is 11.5 Å². The number of amides is 1. The predicted molar refractivity (Wildman–Crippen MR) is 84.3 cm³/mol. The minimum Gasteiger partial charge on any atom is -0.493 e. The number of esters is 1. The fourth-order valence-electron chi connectivity index (χ4n) is 1.86. The minimum atomic E-state index is -0.542. The lowest BCUT2D eigenvalue weighted by Gasteiger charge is -2.15. The van der Waals surface area contributed by atoms with E-state index < -0.39 is 5.97 Å². The second-order valence-electron chi connectivity index (χ2n) is 4.47. The van der Waals surface area contributed by atoms with Gasteiger partial charge in [0.1, 0.15) is 0 Å². The van der Waals surface area contributed by atoms with Crippen molar-refractivity contribution in [2.45, 2.75) is 0 Å². The Kier molecular flexibility index (Phi) is 7.86. The van der Waals surface area contributed by atoms with E-state index in [1.165, 1.54) is 33.5 Å². The highest BCUT2D eigenvalue weighted by Gasteiger charge is 2.18. The van der Waals surface area contributed by atoms with Gasteiger partial charge < -0.3 is 29.6 Å². The monoisotopic (exact) mass is 326 g/mol. The first-order chi connectivity index (χ1) is 11.1. The van der Waals surface area contributed by atoms with Crippen LogP contribution in [0.2, 0.25) is 0 Å². The van der Waals surface area contributed by atoms with Crippen LogP contribution in [0.1, 0.15) is 10.4 Å². The van der Waals surface area contributed by atoms with Gasteiger partial charge in [-0.2, -0.15) is 0 Å². The standard InChI is InChI=1S/C15H22N2O6/c1-20-6-5-16-9-13(18)17-11-7-10(15(19)23-4)8-12(21-2)14(11)22-3/h7-8,16H,5-6,9H2,1-4H3,(H,17,18). The van der Waals surface area contributed by atoms with Crippen molar-refractivity contribution in [3.05, 3.63) is 17.7 Å². The fourth-order valence-corrected chi connectivity index (χ4v) is 1.86. The molecule has 1 rings (SSSR count). The van der Waals surface area contributed by atoms with E-state index in [2.05, 4.69) is 15.4 Å². The molecule has 1 aromatic rings. The number of hydrogen-bond acceptors (Lipinski definition) is 7. The highest BCUT2D eigenvalue weighted by Crippen LogP contribution is 2.36. The van der Waals surface area contributed by atoms with Gasteiger partial charge in [-0.05, 0) is 12.1 Å². The van der Waals surface area contributed by atoms with Crippen molar-refractivity contribution in [2.75, 3.05) is 53.5 Å². The molecule has 0 radical (unpaired) electrons. The number of methoxy groups -OCH3 is 4. The summed E-state index contributed by atoms with van der Waals surface area (Å²) in [6, 6.07) is 2.96. The lowest BCUT2D eigenvalue weighted by molar-refractivity contribution is -0.115. The zero-order valence-electron chi connectivity index (χ0n) is 13.7. The van der Waals surface area contributed by atoms with Crippen LogP contribution in [0.5, 0.6) is 11.5 Å². The molecule has 23 heavy (non-hydrogen) atoms. The quantitative estimate of drug-likeness (QED) is 0.508. The van der Waals surface area contributed by atoms with Crippen LogP contribution in [0.25, 0.3) is 0 Å². The normalized spacial score (nSPS) is 10.1. The molecule has 0 spiro atoms. The van der Waals surface area contributed by atoms with E-state index in [9.17, 15) is 9.59 Å². The summed E-state index contributed by atoms with van der Waals surface area (Å²) in [7, 11) is 5.74. The first kappa shape index (κ1) is 18.7. The molecule has 0 bridgehead atoms. The Morgan fingerprint density at radius 2 is 1.83 bits per heavy atom. The molecule has 0 saturated carbocycles. The predicted octanol–water partition coefficient (Wildman–Crippen LogP) is 0.665. The summed E-state index contributed by atoms with van der Waals surface area (Å²) < 4.78 is 20.0. The molecule has 1 aromatic carbocycles. The van der Waals surface area contributed by atoms with E-state index in [4.69, 9.17) is 14.2 Å². The number of anilines is 1. The van der Waals surface area contributed by atoms with Crippen LogP contribution in [0.4, 0.5) is 5.69 Å². The molecule has 1 amide bonds. The van der Waals surface area contributed by atoms with Crippen LogP contribution in [0.15, 0.2) is 12.1 Å². The average molecular weight is 326 g/mol. The van der Waals surface area contributed by atoms with Gasteiger partial charge in [0, 0.05) is 13.7 Å². The summed E-state index contributed by atoms with van der Waals surface area (Å²) in [5.41, 5.74) is 0.568. The first-order valence-corrected chi connectivity index (χ1v) is 6.91.